The number of hydrogen-bond acceptors (Lipinski definition) is 5. The van der Waals surface area contributed by atoms with Crippen molar-refractivity contribution in [2.75, 3.05) is 0 Å². The first-order valence-corrected chi connectivity index (χ1v) is 7.90. The molecule has 1 heterocycles. The van der Waals surface area contributed by atoms with Gasteiger partial charge in [-0.2, -0.15) is 0 Å². The van der Waals surface area contributed by atoms with Gasteiger partial charge in [0.2, 0.25) is 5.88 Å². The van der Waals surface area contributed by atoms with E-state index in [4.69, 9.17) is 9.39 Å². The van der Waals surface area contributed by atoms with Crippen molar-refractivity contribution in [2.24, 2.45) is 0 Å². The third-order valence-corrected chi connectivity index (χ3v) is 4.15. The molecule has 6 heteroatoms. The second kappa shape index (κ2) is 7.34. The standard InChI is InChI=1S/C18H24BNO4/c1-17(2,21)18(3,4)24-19(22)15-10-11-16(20-12-15)23-13-14-8-6-5-7-9-14/h5-12,21-22H,13H2,1-4H3. The fraction of sp³-hybridized carbons (Fsp3) is 0.389. The van der Waals surface area contributed by atoms with Crippen LogP contribution in [-0.4, -0.2) is 33.4 Å². The predicted molar refractivity (Wildman–Crippen MR) is 94.1 cm³/mol. The van der Waals surface area contributed by atoms with E-state index in [2.05, 4.69) is 4.98 Å². The molecular formula is C18H24BNO4. The number of ether oxygens (including phenoxy) is 1. The fourth-order valence-corrected chi connectivity index (χ4v) is 1.85. The Morgan fingerprint density at radius 1 is 1.04 bits per heavy atom. The Labute approximate surface area is 143 Å². The van der Waals surface area contributed by atoms with Crippen LogP contribution in [-0.2, 0) is 11.3 Å². The zero-order valence-corrected chi connectivity index (χ0v) is 14.6. The summed E-state index contributed by atoms with van der Waals surface area (Å²) < 4.78 is 11.2. The summed E-state index contributed by atoms with van der Waals surface area (Å²) in [4.78, 5) is 4.18. The van der Waals surface area contributed by atoms with Crippen LogP contribution < -0.4 is 10.2 Å². The number of aromatic nitrogens is 1. The lowest BCUT2D eigenvalue weighted by Gasteiger charge is -2.38. The average molecular weight is 329 g/mol. The summed E-state index contributed by atoms with van der Waals surface area (Å²) in [5.41, 5.74) is -0.465. The molecule has 0 spiro atoms. The zero-order valence-electron chi connectivity index (χ0n) is 14.6. The molecule has 1 aromatic heterocycles. The van der Waals surface area contributed by atoms with Gasteiger partial charge >= 0.3 is 7.12 Å². The summed E-state index contributed by atoms with van der Waals surface area (Å²) in [6.45, 7) is 7.15. The van der Waals surface area contributed by atoms with Crippen LogP contribution in [0.3, 0.4) is 0 Å². The lowest BCUT2D eigenvalue weighted by Crippen LogP contribution is -2.53. The van der Waals surface area contributed by atoms with Crippen LogP contribution in [0.1, 0.15) is 33.3 Å². The Kier molecular flexibility index (Phi) is 5.64. The minimum Gasteiger partial charge on any atom is -0.473 e. The SMILES string of the molecule is CC(C)(O)C(C)(C)OB(O)c1ccc(OCc2ccccc2)nc1. The molecule has 128 valence electrons. The summed E-state index contributed by atoms with van der Waals surface area (Å²) in [6, 6.07) is 13.2. The molecule has 24 heavy (non-hydrogen) atoms. The van der Waals surface area contributed by atoms with Crippen molar-refractivity contribution in [3.05, 3.63) is 54.2 Å². The molecule has 2 rings (SSSR count). The van der Waals surface area contributed by atoms with Crippen molar-refractivity contribution < 1.29 is 19.5 Å². The van der Waals surface area contributed by atoms with Crippen LogP contribution in [0.2, 0.25) is 0 Å². The Hall–Kier alpha value is -1.89. The third kappa shape index (κ3) is 4.80. The zero-order chi connectivity index (χ0) is 17.8. The van der Waals surface area contributed by atoms with E-state index < -0.39 is 18.3 Å². The molecular weight excluding hydrogens is 305 g/mol. The van der Waals surface area contributed by atoms with E-state index in [1.807, 2.05) is 30.3 Å². The topological polar surface area (TPSA) is 71.8 Å². The van der Waals surface area contributed by atoms with Gasteiger partial charge in [-0.1, -0.05) is 36.4 Å². The molecule has 0 aliphatic heterocycles. The number of pyridine rings is 1. The van der Waals surface area contributed by atoms with E-state index in [0.29, 0.717) is 17.9 Å². The van der Waals surface area contributed by atoms with E-state index in [-0.39, 0.29) is 0 Å². The van der Waals surface area contributed by atoms with Gasteiger partial charge in [-0.15, -0.1) is 0 Å². The van der Waals surface area contributed by atoms with Crippen molar-refractivity contribution >= 4 is 12.6 Å². The quantitative estimate of drug-likeness (QED) is 0.760. The first kappa shape index (κ1) is 18.5. The van der Waals surface area contributed by atoms with Gasteiger partial charge in [0.25, 0.3) is 0 Å². The van der Waals surface area contributed by atoms with Gasteiger partial charge < -0.3 is 19.5 Å². The lowest BCUT2D eigenvalue weighted by molar-refractivity contribution is -0.0982. The van der Waals surface area contributed by atoms with E-state index in [0.717, 1.165) is 5.56 Å². The van der Waals surface area contributed by atoms with Gasteiger partial charge in [0.05, 0.1) is 11.2 Å². The van der Waals surface area contributed by atoms with Crippen LogP contribution in [0, 0.1) is 0 Å². The van der Waals surface area contributed by atoms with Gasteiger partial charge in [-0.3, -0.25) is 0 Å². The van der Waals surface area contributed by atoms with Gasteiger partial charge in [-0.05, 0) is 39.3 Å². The molecule has 0 aliphatic carbocycles. The molecule has 0 saturated heterocycles. The van der Waals surface area contributed by atoms with Gasteiger partial charge in [0.1, 0.15) is 6.61 Å². The lowest BCUT2D eigenvalue weighted by atomic mass is 9.77. The number of hydrogen-bond donors (Lipinski definition) is 2. The highest BCUT2D eigenvalue weighted by atomic mass is 16.5. The summed E-state index contributed by atoms with van der Waals surface area (Å²) in [5.74, 6) is 0.469. The van der Waals surface area contributed by atoms with E-state index in [9.17, 15) is 10.1 Å². The van der Waals surface area contributed by atoms with Crippen molar-refractivity contribution in [1.29, 1.82) is 0 Å². The molecule has 0 fully saturated rings. The molecule has 5 nitrogen and oxygen atoms in total. The second-order valence-electron chi connectivity index (χ2n) is 6.74. The van der Waals surface area contributed by atoms with Crippen LogP contribution in [0.15, 0.2) is 48.7 Å². The highest BCUT2D eigenvalue weighted by Crippen LogP contribution is 2.25. The smallest absolute Gasteiger partial charge is 0.473 e. The van der Waals surface area contributed by atoms with E-state index >= 15 is 0 Å². The molecule has 0 atom stereocenters. The van der Waals surface area contributed by atoms with Gasteiger partial charge in [0.15, 0.2) is 0 Å². The minimum atomic E-state index is -1.18. The van der Waals surface area contributed by atoms with Crippen molar-refractivity contribution in [2.45, 2.75) is 45.5 Å². The third-order valence-electron chi connectivity index (χ3n) is 4.15. The van der Waals surface area contributed by atoms with Crippen molar-refractivity contribution in [3.63, 3.8) is 0 Å². The van der Waals surface area contributed by atoms with Gasteiger partial charge in [-0.25, -0.2) is 4.98 Å². The normalized spacial score (nSPS) is 12.1. The monoisotopic (exact) mass is 329 g/mol. The Balaban J connectivity index is 1.96. The highest BCUT2D eigenvalue weighted by Gasteiger charge is 2.39. The molecule has 0 unspecified atom stereocenters. The average Bonchev–Trinajstić information content (AvgIpc) is 2.53. The van der Waals surface area contributed by atoms with Crippen LogP contribution in [0.25, 0.3) is 0 Å². The first-order valence-electron chi connectivity index (χ1n) is 7.90. The Morgan fingerprint density at radius 3 is 2.25 bits per heavy atom. The van der Waals surface area contributed by atoms with Crippen LogP contribution in [0.4, 0.5) is 0 Å². The number of rotatable bonds is 7. The highest BCUT2D eigenvalue weighted by molar-refractivity contribution is 6.60. The van der Waals surface area contributed by atoms with Gasteiger partial charge in [0, 0.05) is 11.7 Å². The molecule has 1 aromatic carbocycles. The number of aliphatic hydroxyl groups is 1. The predicted octanol–water partition coefficient (Wildman–Crippen LogP) is 1.91. The minimum absolute atomic E-state index is 0.429. The maximum absolute atomic E-state index is 10.2. The first-order chi connectivity index (χ1) is 11.2. The molecule has 0 radical (unpaired) electrons. The second-order valence-corrected chi connectivity index (χ2v) is 6.74. The number of benzene rings is 1. The molecule has 0 saturated carbocycles. The maximum atomic E-state index is 10.2. The molecule has 0 amide bonds. The summed E-state index contributed by atoms with van der Waals surface area (Å²) in [5, 5.41) is 20.3. The van der Waals surface area contributed by atoms with E-state index in [1.54, 1.807) is 39.8 Å². The van der Waals surface area contributed by atoms with Crippen LogP contribution >= 0.6 is 0 Å². The van der Waals surface area contributed by atoms with Crippen molar-refractivity contribution in [3.8, 4) is 5.88 Å². The molecule has 2 N–H and O–H groups in total. The number of nitrogens with zero attached hydrogens (tertiary/aromatic N) is 1. The largest absolute Gasteiger partial charge is 0.493 e. The fourth-order valence-electron chi connectivity index (χ4n) is 1.85. The van der Waals surface area contributed by atoms with Crippen molar-refractivity contribution in [1.82, 2.24) is 4.98 Å². The summed E-state index contributed by atoms with van der Waals surface area (Å²) in [7, 11) is -1.18. The van der Waals surface area contributed by atoms with Crippen LogP contribution in [0.5, 0.6) is 5.88 Å². The molecule has 0 bridgehead atoms. The summed E-state index contributed by atoms with van der Waals surface area (Å²) >= 11 is 0. The maximum Gasteiger partial charge on any atom is 0.493 e. The summed E-state index contributed by atoms with van der Waals surface area (Å²) in [6.07, 6.45) is 1.51. The Morgan fingerprint density at radius 2 is 1.71 bits per heavy atom. The van der Waals surface area contributed by atoms with E-state index in [1.165, 1.54) is 6.20 Å². The molecule has 0 aliphatic rings. The Bertz CT molecular complexity index is 638. The molecule has 2 aromatic rings.